The number of carbonyl (C=O) groups is 1. The first-order valence-electron chi connectivity index (χ1n) is 13.9. The van der Waals surface area contributed by atoms with E-state index < -0.39 is 5.60 Å². The number of likely N-dealkylation sites (tertiary alicyclic amines) is 1. The molecular weight excluding hydrogens is 502 g/mol. The molecule has 208 valence electrons. The minimum atomic E-state index is -0.524. The van der Waals surface area contributed by atoms with Crippen LogP contribution in [0.2, 0.25) is 0 Å². The number of hydrogen-bond acceptors (Lipinski definition) is 6. The van der Waals surface area contributed by atoms with Crippen molar-refractivity contribution in [2.24, 2.45) is 0 Å². The number of anilines is 1. The highest BCUT2D eigenvalue weighted by Crippen LogP contribution is 2.39. The van der Waals surface area contributed by atoms with Crippen molar-refractivity contribution in [1.29, 1.82) is 5.26 Å². The Morgan fingerprint density at radius 3 is 2.42 bits per heavy atom. The second kappa shape index (κ2) is 10.4. The van der Waals surface area contributed by atoms with Gasteiger partial charge >= 0.3 is 6.09 Å². The summed E-state index contributed by atoms with van der Waals surface area (Å²) in [5, 5.41) is 11.6. The Kier molecular flexibility index (Phi) is 7.09. The number of fused-ring (bicyclic) bond motifs is 2. The molecule has 5 rings (SSSR count). The summed E-state index contributed by atoms with van der Waals surface area (Å²) in [6, 6.07) is 16.1. The maximum atomic E-state index is 12.5. The van der Waals surface area contributed by atoms with Crippen LogP contribution in [0.4, 0.5) is 10.5 Å². The topological polar surface area (TPSA) is 106 Å². The largest absolute Gasteiger partial charge is 0.488 e. The van der Waals surface area contributed by atoms with Gasteiger partial charge in [0, 0.05) is 54.3 Å². The van der Waals surface area contributed by atoms with E-state index in [4.69, 9.17) is 20.2 Å². The number of piperidine rings is 1. The van der Waals surface area contributed by atoms with Crippen molar-refractivity contribution >= 4 is 33.6 Å². The van der Waals surface area contributed by atoms with Crippen molar-refractivity contribution in [1.82, 2.24) is 14.5 Å². The fourth-order valence-electron chi connectivity index (χ4n) is 5.35. The fourth-order valence-corrected chi connectivity index (χ4v) is 5.35. The quantitative estimate of drug-likeness (QED) is 0.285. The van der Waals surface area contributed by atoms with Gasteiger partial charge in [0.25, 0.3) is 0 Å². The maximum absolute atomic E-state index is 12.5. The van der Waals surface area contributed by atoms with Crippen LogP contribution in [-0.2, 0) is 4.74 Å². The summed E-state index contributed by atoms with van der Waals surface area (Å²) in [5.74, 6) is 1.68. The summed E-state index contributed by atoms with van der Waals surface area (Å²) in [6.07, 6.45) is 1.01. The Balaban J connectivity index is 1.53. The van der Waals surface area contributed by atoms with E-state index in [1.165, 1.54) is 0 Å². The lowest BCUT2D eigenvalue weighted by Gasteiger charge is -2.33. The van der Waals surface area contributed by atoms with Gasteiger partial charge in [-0.3, -0.25) is 4.57 Å². The number of nitrogens with two attached hydrogens (primary N) is 1. The van der Waals surface area contributed by atoms with Gasteiger partial charge in [0.2, 0.25) is 0 Å². The van der Waals surface area contributed by atoms with Crippen LogP contribution >= 0.6 is 0 Å². The minimum Gasteiger partial charge on any atom is -0.488 e. The summed E-state index contributed by atoms with van der Waals surface area (Å²) >= 11 is 0. The summed E-state index contributed by atoms with van der Waals surface area (Å²) < 4.78 is 14.2. The number of rotatable bonds is 4. The molecule has 40 heavy (non-hydrogen) atoms. The number of amides is 1. The van der Waals surface area contributed by atoms with Crippen molar-refractivity contribution in [2.75, 3.05) is 18.8 Å². The number of nitrogens with zero attached hydrogens (tertiary/aromatic N) is 4. The highest BCUT2D eigenvalue weighted by Gasteiger charge is 2.29. The van der Waals surface area contributed by atoms with Crippen LogP contribution in [0.25, 0.3) is 27.5 Å². The number of aryl methyl sites for hydroxylation is 1. The van der Waals surface area contributed by atoms with Crippen molar-refractivity contribution in [3.05, 3.63) is 59.4 Å². The van der Waals surface area contributed by atoms with Crippen LogP contribution in [0, 0.1) is 18.3 Å². The Morgan fingerprint density at radius 2 is 1.80 bits per heavy atom. The Labute approximate surface area is 235 Å². The van der Waals surface area contributed by atoms with Gasteiger partial charge in [-0.15, -0.1) is 0 Å². The monoisotopic (exact) mass is 539 g/mol. The summed E-state index contributed by atoms with van der Waals surface area (Å²) in [4.78, 5) is 19.3. The summed E-state index contributed by atoms with van der Waals surface area (Å²) in [5.41, 5.74) is 10.9. The van der Waals surface area contributed by atoms with Crippen molar-refractivity contribution in [2.45, 2.75) is 72.0 Å². The van der Waals surface area contributed by atoms with Crippen LogP contribution in [0.5, 0.6) is 5.75 Å². The standard InChI is InChI=1S/C32H37N5O3/c1-19(2)30-35-29-20(3)28(34)27(39-22-13-15-36(16-14-22)31(38)40-32(4,5)6)17-26(29)37(30)25-12-11-21(18-33)23-9-7-8-10-24(23)25/h7-12,17,19,22H,13-16,34H2,1-6H3. The van der Waals surface area contributed by atoms with E-state index in [0.717, 1.165) is 38.9 Å². The molecule has 2 heterocycles. The zero-order chi connectivity index (χ0) is 28.8. The molecule has 1 aliphatic heterocycles. The molecule has 0 atom stereocenters. The number of carbonyl (C=O) groups excluding carboxylic acids is 1. The highest BCUT2D eigenvalue weighted by atomic mass is 16.6. The zero-order valence-corrected chi connectivity index (χ0v) is 24.1. The molecule has 0 unspecified atom stereocenters. The lowest BCUT2D eigenvalue weighted by atomic mass is 10.0. The lowest BCUT2D eigenvalue weighted by Crippen LogP contribution is -2.44. The summed E-state index contributed by atoms with van der Waals surface area (Å²) in [7, 11) is 0. The number of nitrogen functional groups attached to an aromatic ring is 1. The molecule has 4 aromatic rings. The van der Waals surface area contributed by atoms with Crippen LogP contribution in [0.3, 0.4) is 0 Å². The Morgan fingerprint density at radius 1 is 1.12 bits per heavy atom. The predicted octanol–water partition coefficient (Wildman–Crippen LogP) is 6.84. The Bertz CT molecular complexity index is 1630. The second-order valence-corrected chi connectivity index (χ2v) is 11.8. The van der Waals surface area contributed by atoms with Gasteiger partial charge in [-0.05, 0) is 39.8 Å². The van der Waals surface area contributed by atoms with Gasteiger partial charge in [-0.1, -0.05) is 38.1 Å². The number of imidazole rings is 1. The van der Waals surface area contributed by atoms with Crippen LogP contribution in [-0.4, -0.2) is 45.3 Å². The van der Waals surface area contributed by atoms with Gasteiger partial charge in [-0.2, -0.15) is 5.26 Å². The number of aromatic nitrogens is 2. The van der Waals surface area contributed by atoms with E-state index in [-0.39, 0.29) is 18.1 Å². The predicted molar refractivity (Wildman–Crippen MR) is 158 cm³/mol. The molecule has 0 spiro atoms. The minimum absolute atomic E-state index is 0.0745. The first-order chi connectivity index (χ1) is 19.0. The number of hydrogen-bond donors (Lipinski definition) is 1. The van der Waals surface area contributed by atoms with Crippen molar-refractivity contribution in [3.63, 3.8) is 0 Å². The molecule has 0 aliphatic carbocycles. The molecule has 1 amide bonds. The van der Waals surface area contributed by atoms with E-state index in [2.05, 4.69) is 24.5 Å². The molecular formula is C32H37N5O3. The van der Waals surface area contributed by atoms with E-state index in [0.29, 0.717) is 42.9 Å². The third-order valence-corrected chi connectivity index (χ3v) is 7.40. The van der Waals surface area contributed by atoms with Crippen molar-refractivity contribution in [3.8, 4) is 17.5 Å². The molecule has 0 saturated carbocycles. The number of nitriles is 1. The molecule has 1 fully saturated rings. The maximum Gasteiger partial charge on any atom is 0.410 e. The highest BCUT2D eigenvalue weighted by molar-refractivity contribution is 5.97. The normalized spacial score (nSPS) is 14.6. The number of ether oxygens (including phenoxy) is 2. The van der Waals surface area contributed by atoms with Crippen LogP contribution < -0.4 is 10.5 Å². The molecule has 1 aromatic heterocycles. The Hall–Kier alpha value is -4.25. The van der Waals surface area contributed by atoms with Gasteiger partial charge in [0.05, 0.1) is 34.0 Å². The average Bonchev–Trinajstić information content (AvgIpc) is 3.30. The zero-order valence-electron chi connectivity index (χ0n) is 24.1. The van der Waals surface area contributed by atoms with E-state index in [1.807, 2.05) is 70.2 Å². The van der Waals surface area contributed by atoms with E-state index in [1.54, 1.807) is 4.90 Å². The van der Waals surface area contributed by atoms with Crippen LogP contribution in [0.1, 0.15) is 70.3 Å². The average molecular weight is 540 g/mol. The number of benzene rings is 3. The molecule has 1 aliphatic rings. The van der Waals surface area contributed by atoms with Gasteiger partial charge < -0.3 is 20.1 Å². The second-order valence-electron chi connectivity index (χ2n) is 11.8. The SMILES string of the molecule is Cc1c(N)c(OC2CCN(C(=O)OC(C)(C)C)CC2)cc2c1nc(C(C)C)n2-c1ccc(C#N)c2ccccc12. The fraction of sp³-hybridized carbons (Fsp3) is 0.406. The molecule has 3 aromatic carbocycles. The first-order valence-corrected chi connectivity index (χ1v) is 13.9. The van der Waals surface area contributed by atoms with Crippen molar-refractivity contribution < 1.29 is 14.3 Å². The summed E-state index contributed by atoms with van der Waals surface area (Å²) in [6.45, 7) is 13.0. The molecule has 8 heteroatoms. The lowest BCUT2D eigenvalue weighted by molar-refractivity contribution is 0.0127. The molecule has 0 radical (unpaired) electrons. The molecule has 1 saturated heterocycles. The van der Waals surface area contributed by atoms with E-state index in [9.17, 15) is 10.1 Å². The molecule has 8 nitrogen and oxygen atoms in total. The van der Waals surface area contributed by atoms with Gasteiger partial charge in [0.15, 0.2) is 0 Å². The smallest absolute Gasteiger partial charge is 0.410 e. The van der Waals surface area contributed by atoms with Crippen LogP contribution in [0.15, 0.2) is 42.5 Å². The third kappa shape index (κ3) is 5.04. The van der Waals surface area contributed by atoms with Gasteiger partial charge in [-0.25, -0.2) is 9.78 Å². The first kappa shape index (κ1) is 27.3. The molecule has 0 bridgehead atoms. The third-order valence-electron chi connectivity index (χ3n) is 7.40. The van der Waals surface area contributed by atoms with E-state index >= 15 is 0 Å². The molecule has 2 N–H and O–H groups in total. The van der Waals surface area contributed by atoms with Gasteiger partial charge in [0.1, 0.15) is 23.3 Å².